The maximum atomic E-state index is 10.4. The van der Waals surface area contributed by atoms with E-state index in [4.69, 9.17) is 14.2 Å². The van der Waals surface area contributed by atoms with Gasteiger partial charge in [0.25, 0.3) is 0 Å². The van der Waals surface area contributed by atoms with Gasteiger partial charge in [-0.2, -0.15) is 0 Å². The highest BCUT2D eigenvalue weighted by molar-refractivity contribution is 5.11. The third kappa shape index (κ3) is 1.42. The van der Waals surface area contributed by atoms with Crippen molar-refractivity contribution in [2.45, 2.75) is 50.2 Å². The number of fused-ring (bicyclic) bond motifs is 1. The first-order chi connectivity index (χ1) is 7.28. The molecule has 2 aliphatic heterocycles. The van der Waals surface area contributed by atoms with Gasteiger partial charge in [-0.05, 0) is 20.8 Å². The Kier molecular flexibility index (Phi) is 2.58. The summed E-state index contributed by atoms with van der Waals surface area (Å²) in [5, 5.41) is 28.9. The molecule has 3 unspecified atom stereocenters. The summed E-state index contributed by atoms with van der Waals surface area (Å²) in [6.45, 7) is 3.89. The number of hydrogen-bond donors (Lipinski definition) is 3. The van der Waals surface area contributed by atoms with Crippen molar-refractivity contribution in [3.05, 3.63) is 0 Å². The van der Waals surface area contributed by atoms with Gasteiger partial charge in [-0.3, -0.25) is 0 Å². The molecule has 2 fully saturated rings. The van der Waals surface area contributed by atoms with E-state index in [0.29, 0.717) is 0 Å². The van der Waals surface area contributed by atoms with Crippen LogP contribution >= 0.6 is 0 Å². The van der Waals surface area contributed by atoms with Gasteiger partial charge in [0.1, 0.15) is 17.3 Å². The van der Waals surface area contributed by atoms with Crippen LogP contribution in [0.5, 0.6) is 0 Å². The van der Waals surface area contributed by atoms with Crippen LogP contribution < -0.4 is 0 Å². The molecule has 0 aliphatic carbocycles. The number of ether oxygens (including phenoxy) is 3. The topological polar surface area (TPSA) is 88.4 Å². The average Bonchev–Trinajstić information content (AvgIpc) is 2.58. The van der Waals surface area contributed by atoms with E-state index in [2.05, 4.69) is 0 Å². The van der Waals surface area contributed by atoms with Crippen LogP contribution in [0.2, 0.25) is 0 Å². The summed E-state index contributed by atoms with van der Waals surface area (Å²) >= 11 is 0. The van der Waals surface area contributed by atoms with Crippen LogP contribution in [0.3, 0.4) is 0 Å². The van der Waals surface area contributed by atoms with Gasteiger partial charge in [-0.15, -0.1) is 0 Å². The Balaban J connectivity index is 2.29. The van der Waals surface area contributed by atoms with Crippen molar-refractivity contribution in [1.29, 1.82) is 0 Å². The third-order valence-electron chi connectivity index (χ3n) is 3.39. The van der Waals surface area contributed by atoms with E-state index in [1.54, 1.807) is 13.8 Å². The normalized spacial score (nSPS) is 44.6. The third-order valence-corrected chi connectivity index (χ3v) is 3.39. The van der Waals surface area contributed by atoms with Crippen LogP contribution in [0, 0.1) is 0 Å². The summed E-state index contributed by atoms with van der Waals surface area (Å²) in [6, 6.07) is 0. The highest BCUT2D eigenvalue weighted by Crippen LogP contribution is 2.47. The minimum atomic E-state index is -1.51. The van der Waals surface area contributed by atoms with Crippen molar-refractivity contribution in [2.24, 2.45) is 0 Å². The molecule has 3 N–H and O–H groups in total. The second kappa shape index (κ2) is 3.38. The Morgan fingerprint density at radius 3 is 2.00 bits per heavy atom. The second-order valence-corrected chi connectivity index (χ2v) is 5.00. The predicted molar refractivity (Wildman–Crippen MR) is 52.4 cm³/mol. The highest BCUT2D eigenvalue weighted by atomic mass is 16.8. The molecular formula is C10H18O6. The molecule has 6 nitrogen and oxygen atoms in total. The van der Waals surface area contributed by atoms with Gasteiger partial charge >= 0.3 is 0 Å². The molecule has 2 rings (SSSR count). The minimum absolute atomic E-state index is 0.503. The molecule has 2 saturated heterocycles. The quantitative estimate of drug-likeness (QED) is 0.566. The maximum Gasteiger partial charge on any atom is 0.191 e. The van der Waals surface area contributed by atoms with Crippen LogP contribution in [0.4, 0.5) is 0 Å². The highest BCUT2D eigenvalue weighted by Gasteiger charge is 2.67. The average molecular weight is 234 g/mol. The molecule has 3 atom stereocenters. The number of rotatable bonds is 2. The molecule has 0 bridgehead atoms. The zero-order valence-electron chi connectivity index (χ0n) is 9.64. The monoisotopic (exact) mass is 234 g/mol. The van der Waals surface area contributed by atoms with E-state index < -0.39 is 42.6 Å². The van der Waals surface area contributed by atoms with Gasteiger partial charge in [-0.25, -0.2) is 0 Å². The van der Waals surface area contributed by atoms with E-state index in [1.807, 2.05) is 0 Å². The Labute approximate surface area is 93.7 Å². The van der Waals surface area contributed by atoms with Crippen LogP contribution in [0.15, 0.2) is 0 Å². The number of hydrogen-bond acceptors (Lipinski definition) is 6. The zero-order valence-corrected chi connectivity index (χ0v) is 9.64. The summed E-state index contributed by atoms with van der Waals surface area (Å²) < 4.78 is 16.4. The van der Waals surface area contributed by atoms with Crippen LogP contribution in [-0.2, 0) is 14.2 Å². The molecule has 2 heterocycles. The van der Waals surface area contributed by atoms with Crippen molar-refractivity contribution in [3.63, 3.8) is 0 Å². The molecule has 6 heteroatoms. The summed E-state index contributed by atoms with van der Waals surface area (Å²) in [7, 11) is 0. The summed E-state index contributed by atoms with van der Waals surface area (Å²) in [4.78, 5) is 0. The van der Waals surface area contributed by atoms with Gasteiger partial charge in [0.05, 0.1) is 13.2 Å². The summed E-state index contributed by atoms with van der Waals surface area (Å²) in [5.74, 6) is -0.837. The summed E-state index contributed by atoms with van der Waals surface area (Å²) in [6.07, 6.45) is -1.49. The van der Waals surface area contributed by atoms with E-state index in [1.165, 1.54) is 6.92 Å². The maximum absolute atomic E-state index is 10.4. The minimum Gasteiger partial charge on any atom is -0.393 e. The van der Waals surface area contributed by atoms with Gasteiger partial charge in [-0.1, -0.05) is 0 Å². The Hall–Kier alpha value is -0.240. The van der Waals surface area contributed by atoms with Crippen molar-refractivity contribution >= 4 is 0 Å². The van der Waals surface area contributed by atoms with E-state index in [0.717, 1.165) is 0 Å². The first-order valence-electron chi connectivity index (χ1n) is 5.25. The number of aliphatic hydroxyl groups is 3. The fourth-order valence-corrected chi connectivity index (χ4v) is 2.24. The Bertz CT molecular complexity index is 283. The largest absolute Gasteiger partial charge is 0.393 e. The molecule has 16 heavy (non-hydrogen) atoms. The summed E-state index contributed by atoms with van der Waals surface area (Å²) in [5.41, 5.74) is -2.95. The first kappa shape index (κ1) is 12.2. The van der Waals surface area contributed by atoms with Gasteiger partial charge in [0.2, 0.25) is 0 Å². The van der Waals surface area contributed by atoms with Crippen LogP contribution in [0.1, 0.15) is 20.8 Å². The van der Waals surface area contributed by atoms with Crippen LogP contribution in [0.25, 0.3) is 0 Å². The molecule has 94 valence electrons. The van der Waals surface area contributed by atoms with E-state index in [-0.39, 0.29) is 0 Å². The van der Waals surface area contributed by atoms with Crippen molar-refractivity contribution in [1.82, 2.24) is 0 Å². The lowest BCUT2D eigenvalue weighted by atomic mass is 9.83. The molecule has 2 aliphatic rings. The molecule has 0 aromatic rings. The standard InChI is InChI=1S/C10H18O6/c1-8(2)14-6-7(15-8)16-10(4-11,5-12)9(6,3)13/h6-7,11-13H,4-5H2,1-3H3. The van der Waals surface area contributed by atoms with Crippen LogP contribution in [-0.4, -0.2) is 57.9 Å². The van der Waals surface area contributed by atoms with E-state index >= 15 is 0 Å². The molecule has 0 aromatic heterocycles. The molecular weight excluding hydrogens is 216 g/mol. The van der Waals surface area contributed by atoms with Crippen molar-refractivity contribution < 1.29 is 29.5 Å². The Morgan fingerprint density at radius 1 is 1.00 bits per heavy atom. The van der Waals surface area contributed by atoms with Gasteiger partial charge < -0.3 is 29.5 Å². The molecule has 0 spiro atoms. The lowest BCUT2D eigenvalue weighted by molar-refractivity contribution is -0.270. The molecule has 0 aromatic carbocycles. The second-order valence-electron chi connectivity index (χ2n) is 5.00. The fourth-order valence-electron chi connectivity index (χ4n) is 2.24. The number of aliphatic hydroxyl groups excluding tert-OH is 2. The van der Waals surface area contributed by atoms with E-state index in [9.17, 15) is 15.3 Å². The SMILES string of the molecule is CC1(C)OC2OC(CO)(CO)C(C)(O)C2O1. The molecule has 0 radical (unpaired) electrons. The predicted octanol–water partition coefficient (Wildman–Crippen LogP) is -1.03. The van der Waals surface area contributed by atoms with Gasteiger partial charge in [0.15, 0.2) is 12.1 Å². The first-order valence-corrected chi connectivity index (χ1v) is 5.25. The van der Waals surface area contributed by atoms with Crippen molar-refractivity contribution in [2.75, 3.05) is 13.2 Å². The smallest absolute Gasteiger partial charge is 0.191 e. The van der Waals surface area contributed by atoms with Crippen molar-refractivity contribution in [3.8, 4) is 0 Å². The lowest BCUT2D eigenvalue weighted by Crippen LogP contribution is -2.59. The molecule has 0 amide bonds. The van der Waals surface area contributed by atoms with Gasteiger partial charge in [0, 0.05) is 0 Å². The Morgan fingerprint density at radius 2 is 1.56 bits per heavy atom. The fraction of sp³-hybridized carbons (Fsp3) is 1.00. The zero-order chi connectivity index (χ0) is 12.2. The lowest BCUT2D eigenvalue weighted by Gasteiger charge is -2.38. The molecule has 0 saturated carbocycles.